The molecule has 4 N–H and O–H groups in total. The van der Waals surface area contributed by atoms with Crippen LogP contribution in [0.25, 0.3) is 0 Å². The number of hydrogen-bond acceptors (Lipinski definition) is 3. The molecule has 0 aliphatic carbocycles. The fourth-order valence-corrected chi connectivity index (χ4v) is 2.29. The molecule has 4 heteroatoms. The molecular weight excluding hydrogens is 202 g/mol. The third kappa shape index (κ3) is 1.83. The van der Waals surface area contributed by atoms with Crippen LogP contribution in [0.1, 0.15) is 18.4 Å². The molecule has 1 fully saturated rings. The van der Waals surface area contributed by atoms with Crippen LogP contribution in [0.3, 0.4) is 0 Å². The Hall–Kier alpha value is -1.71. The monoisotopic (exact) mass is 219 g/mol. The molecule has 1 amide bonds. The summed E-state index contributed by atoms with van der Waals surface area (Å²) in [6.45, 7) is 2.89. The van der Waals surface area contributed by atoms with E-state index in [0.29, 0.717) is 0 Å². The van der Waals surface area contributed by atoms with Crippen LogP contribution in [0.4, 0.5) is 11.4 Å². The molecule has 0 saturated carbocycles. The molecule has 1 aromatic carbocycles. The Balaban J connectivity index is 2.35. The zero-order valence-electron chi connectivity index (χ0n) is 9.44. The number of rotatable bonds is 2. The van der Waals surface area contributed by atoms with Crippen molar-refractivity contribution >= 4 is 17.3 Å². The number of anilines is 2. The predicted molar refractivity (Wildman–Crippen MR) is 65.2 cm³/mol. The summed E-state index contributed by atoms with van der Waals surface area (Å²) in [5.41, 5.74) is 14.0. The van der Waals surface area contributed by atoms with Crippen LogP contribution < -0.4 is 16.4 Å². The smallest absolute Gasteiger partial charge is 0.240 e. The second kappa shape index (κ2) is 4.04. The Bertz CT molecular complexity index is 417. The highest BCUT2D eigenvalue weighted by Crippen LogP contribution is 2.29. The van der Waals surface area contributed by atoms with Crippen LogP contribution in [-0.4, -0.2) is 18.5 Å². The Morgan fingerprint density at radius 1 is 1.50 bits per heavy atom. The predicted octanol–water partition coefficient (Wildman–Crippen LogP) is 1.03. The zero-order chi connectivity index (χ0) is 11.7. The molecule has 0 radical (unpaired) electrons. The molecule has 1 unspecified atom stereocenters. The number of nitrogens with zero attached hydrogens (tertiary/aromatic N) is 1. The average molecular weight is 219 g/mol. The van der Waals surface area contributed by atoms with E-state index in [0.717, 1.165) is 36.3 Å². The number of primary amides is 1. The van der Waals surface area contributed by atoms with Crippen molar-refractivity contribution in [2.75, 3.05) is 17.2 Å². The molecule has 1 atom stereocenters. The van der Waals surface area contributed by atoms with Gasteiger partial charge < -0.3 is 16.4 Å². The molecule has 1 saturated heterocycles. The highest BCUT2D eigenvalue weighted by molar-refractivity contribution is 5.85. The highest BCUT2D eigenvalue weighted by atomic mass is 16.1. The molecule has 0 aromatic heterocycles. The van der Waals surface area contributed by atoms with E-state index in [4.69, 9.17) is 11.5 Å². The Kier molecular flexibility index (Phi) is 2.73. The molecule has 0 bridgehead atoms. The number of hydrogen-bond donors (Lipinski definition) is 2. The normalized spacial score (nSPS) is 20.1. The molecule has 4 nitrogen and oxygen atoms in total. The minimum atomic E-state index is -0.251. The molecule has 1 aliphatic rings. The van der Waals surface area contributed by atoms with E-state index >= 15 is 0 Å². The van der Waals surface area contributed by atoms with Gasteiger partial charge in [0.1, 0.15) is 6.04 Å². The molecule has 1 aromatic rings. The topological polar surface area (TPSA) is 72.3 Å². The van der Waals surface area contributed by atoms with Gasteiger partial charge in [-0.25, -0.2) is 0 Å². The number of aryl methyl sites for hydroxylation is 1. The van der Waals surface area contributed by atoms with Gasteiger partial charge in [-0.15, -0.1) is 0 Å². The first-order chi connectivity index (χ1) is 7.59. The van der Waals surface area contributed by atoms with Gasteiger partial charge in [0.05, 0.1) is 0 Å². The van der Waals surface area contributed by atoms with Crippen molar-refractivity contribution in [2.24, 2.45) is 5.73 Å². The first-order valence-electron chi connectivity index (χ1n) is 5.51. The largest absolute Gasteiger partial charge is 0.399 e. The minimum absolute atomic E-state index is 0.180. The van der Waals surface area contributed by atoms with Crippen molar-refractivity contribution in [1.29, 1.82) is 0 Å². The number of carbonyl (C=O) groups is 1. The summed E-state index contributed by atoms with van der Waals surface area (Å²) >= 11 is 0. The molecule has 16 heavy (non-hydrogen) atoms. The van der Waals surface area contributed by atoms with Gasteiger partial charge in [0, 0.05) is 17.9 Å². The summed E-state index contributed by atoms with van der Waals surface area (Å²) in [4.78, 5) is 13.4. The average Bonchev–Trinajstić information content (AvgIpc) is 2.70. The van der Waals surface area contributed by atoms with Crippen molar-refractivity contribution in [2.45, 2.75) is 25.8 Å². The van der Waals surface area contributed by atoms with Gasteiger partial charge in [-0.3, -0.25) is 4.79 Å². The molecule has 1 aliphatic heterocycles. The summed E-state index contributed by atoms with van der Waals surface area (Å²) in [7, 11) is 0. The fraction of sp³-hybridized carbons (Fsp3) is 0.417. The zero-order valence-corrected chi connectivity index (χ0v) is 9.44. The van der Waals surface area contributed by atoms with Gasteiger partial charge in [-0.2, -0.15) is 0 Å². The van der Waals surface area contributed by atoms with Crippen LogP contribution in [0.2, 0.25) is 0 Å². The summed E-state index contributed by atoms with van der Waals surface area (Å²) in [5.74, 6) is -0.251. The fourth-order valence-electron chi connectivity index (χ4n) is 2.29. The van der Waals surface area contributed by atoms with Crippen molar-refractivity contribution in [3.63, 3.8) is 0 Å². The lowest BCUT2D eigenvalue weighted by Crippen LogP contribution is -2.40. The third-order valence-electron chi connectivity index (χ3n) is 3.12. The molecule has 0 spiro atoms. The minimum Gasteiger partial charge on any atom is -0.399 e. The van der Waals surface area contributed by atoms with E-state index in [1.165, 1.54) is 0 Å². The van der Waals surface area contributed by atoms with Gasteiger partial charge in [0.15, 0.2) is 0 Å². The van der Waals surface area contributed by atoms with Gasteiger partial charge in [-0.05, 0) is 37.5 Å². The Morgan fingerprint density at radius 3 is 2.94 bits per heavy atom. The maximum atomic E-state index is 11.3. The number of nitrogens with two attached hydrogens (primary N) is 2. The van der Waals surface area contributed by atoms with Crippen molar-refractivity contribution in [3.8, 4) is 0 Å². The van der Waals surface area contributed by atoms with E-state index < -0.39 is 0 Å². The SMILES string of the molecule is Cc1ccc(N)cc1N1CCCC1C(N)=O. The lowest BCUT2D eigenvalue weighted by atomic mass is 10.1. The second-order valence-corrected chi connectivity index (χ2v) is 4.30. The standard InChI is InChI=1S/C12H17N3O/c1-8-4-5-9(13)7-11(8)15-6-2-3-10(15)12(14)16/h4-5,7,10H,2-3,6,13H2,1H3,(H2,14,16). The van der Waals surface area contributed by atoms with Crippen LogP contribution in [0.5, 0.6) is 0 Å². The van der Waals surface area contributed by atoms with Crippen LogP contribution >= 0.6 is 0 Å². The van der Waals surface area contributed by atoms with Crippen LogP contribution in [0, 0.1) is 6.92 Å². The van der Waals surface area contributed by atoms with Crippen LogP contribution in [-0.2, 0) is 4.79 Å². The number of nitrogen functional groups attached to an aromatic ring is 1. The van der Waals surface area contributed by atoms with Gasteiger partial charge in [0.2, 0.25) is 5.91 Å². The summed E-state index contributed by atoms with van der Waals surface area (Å²) < 4.78 is 0. The van der Waals surface area contributed by atoms with E-state index in [-0.39, 0.29) is 11.9 Å². The lowest BCUT2D eigenvalue weighted by Gasteiger charge is -2.26. The van der Waals surface area contributed by atoms with Crippen LogP contribution in [0.15, 0.2) is 18.2 Å². The van der Waals surface area contributed by atoms with E-state index in [2.05, 4.69) is 4.90 Å². The Labute approximate surface area is 95.2 Å². The quantitative estimate of drug-likeness (QED) is 0.730. The molecule has 1 heterocycles. The van der Waals surface area contributed by atoms with Gasteiger partial charge in [-0.1, -0.05) is 6.07 Å². The summed E-state index contributed by atoms with van der Waals surface area (Å²) in [5, 5.41) is 0. The lowest BCUT2D eigenvalue weighted by molar-refractivity contribution is -0.119. The van der Waals surface area contributed by atoms with Gasteiger partial charge >= 0.3 is 0 Å². The van der Waals surface area contributed by atoms with Crippen molar-refractivity contribution in [1.82, 2.24) is 0 Å². The second-order valence-electron chi connectivity index (χ2n) is 4.30. The van der Waals surface area contributed by atoms with E-state index in [1.54, 1.807) is 0 Å². The van der Waals surface area contributed by atoms with Crippen molar-refractivity contribution < 1.29 is 4.79 Å². The number of carbonyl (C=O) groups excluding carboxylic acids is 1. The maximum Gasteiger partial charge on any atom is 0.240 e. The summed E-state index contributed by atoms with van der Waals surface area (Å²) in [6, 6.07) is 5.58. The molecular formula is C12H17N3O. The highest BCUT2D eigenvalue weighted by Gasteiger charge is 2.29. The molecule has 86 valence electrons. The Morgan fingerprint density at radius 2 is 2.25 bits per heavy atom. The third-order valence-corrected chi connectivity index (χ3v) is 3.12. The maximum absolute atomic E-state index is 11.3. The van der Waals surface area contributed by atoms with Crippen molar-refractivity contribution in [3.05, 3.63) is 23.8 Å². The van der Waals surface area contributed by atoms with E-state index in [1.807, 2.05) is 25.1 Å². The van der Waals surface area contributed by atoms with Gasteiger partial charge in [0.25, 0.3) is 0 Å². The number of amides is 1. The summed E-state index contributed by atoms with van der Waals surface area (Å²) in [6.07, 6.45) is 1.84. The first kappa shape index (κ1) is 10.8. The molecule has 2 rings (SSSR count). The van der Waals surface area contributed by atoms with E-state index in [9.17, 15) is 4.79 Å². The number of benzene rings is 1. The first-order valence-corrected chi connectivity index (χ1v) is 5.51.